The van der Waals surface area contributed by atoms with Crippen LogP contribution >= 0.6 is 0 Å². The number of carbonyl (C=O) groups excluding carboxylic acids is 1. The van der Waals surface area contributed by atoms with Crippen molar-refractivity contribution in [1.29, 1.82) is 0 Å². The summed E-state index contributed by atoms with van der Waals surface area (Å²) < 4.78 is 0. The van der Waals surface area contributed by atoms with Gasteiger partial charge in [-0.3, -0.25) is 0 Å². The molecule has 1 saturated carbocycles. The molecule has 3 N–H and O–H groups in total. The second kappa shape index (κ2) is 5.16. The highest BCUT2D eigenvalue weighted by atomic mass is 16.4. The number of hydrogen-bond donors (Lipinski definition) is 3. The number of aliphatic carboxylic acids is 1. The zero-order chi connectivity index (χ0) is 14.0. The summed E-state index contributed by atoms with van der Waals surface area (Å²) in [5.74, 6) is -0.912. The zero-order valence-corrected chi connectivity index (χ0v) is 11.7. The van der Waals surface area contributed by atoms with E-state index < -0.39 is 17.5 Å². The molecule has 1 aliphatic rings. The maximum absolute atomic E-state index is 11.9. The molecular formula is C13H24N2O3. The normalized spacial score (nSPS) is 18.9. The molecule has 0 heterocycles. The van der Waals surface area contributed by atoms with Gasteiger partial charge in [-0.05, 0) is 45.4 Å². The monoisotopic (exact) mass is 256 g/mol. The molecule has 0 aromatic heterocycles. The third-order valence-electron chi connectivity index (χ3n) is 4.19. The number of carbonyl (C=O) groups is 2. The van der Waals surface area contributed by atoms with Gasteiger partial charge in [0.25, 0.3) is 0 Å². The van der Waals surface area contributed by atoms with E-state index in [1.807, 2.05) is 20.8 Å². The number of carboxylic acids is 1. The van der Waals surface area contributed by atoms with E-state index in [9.17, 15) is 14.7 Å². The van der Waals surface area contributed by atoms with Crippen molar-refractivity contribution in [3.63, 3.8) is 0 Å². The van der Waals surface area contributed by atoms with Crippen LogP contribution in [0.5, 0.6) is 0 Å². The van der Waals surface area contributed by atoms with Gasteiger partial charge in [0, 0.05) is 5.54 Å². The topological polar surface area (TPSA) is 78.4 Å². The Morgan fingerprint density at radius 3 is 2.00 bits per heavy atom. The van der Waals surface area contributed by atoms with Crippen molar-refractivity contribution in [3.05, 3.63) is 0 Å². The largest absolute Gasteiger partial charge is 0.480 e. The van der Waals surface area contributed by atoms with Gasteiger partial charge in [0.05, 0.1) is 0 Å². The predicted octanol–water partition coefficient (Wildman–Crippen LogP) is 2.12. The molecule has 0 radical (unpaired) electrons. The highest BCUT2D eigenvalue weighted by Crippen LogP contribution is 2.39. The van der Waals surface area contributed by atoms with Gasteiger partial charge in [-0.2, -0.15) is 0 Å². The van der Waals surface area contributed by atoms with E-state index in [0.717, 1.165) is 25.7 Å². The molecule has 0 saturated heterocycles. The lowest BCUT2D eigenvalue weighted by Crippen LogP contribution is -2.60. The Balaban J connectivity index is 2.65. The SMILES string of the molecule is CCC(C)(CC)NC(=O)NC(C)(C(=O)O)C1CC1. The fourth-order valence-electron chi connectivity index (χ4n) is 1.96. The van der Waals surface area contributed by atoms with E-state index in [1.165, 1.54) is 0 Å². The van der Waals surface area contributed by atoms with Crippen LogP contribution in [0.1, 0.15) is 53.4 Å². The minimum atomic E-state index is -1.15. The predicted molar refractivity (Wildman–Crippen MR) is 69.4 cm³/mol. The molecule has 18 heavy (non-hydrogen) atoms. The second-order valence-electron chi connectivity index (χ2n) is 5.63. The molecule has 0 aromatic rings. The van der Waals surface area contributed by atoms with Crippen LogP contribution in [0.25, 0.3) is 0 Å². The number of urea groups is 1. The Morgan fingerprint density at radius 2 is 1.67 bits per heavy atom. The molecular weight excluding hydrogens is 232 g/mol. The molecule has 2 amide bonds. The quantitative estimate of drug-likeness (QED) is 0.681. The standard InChI is InChI=1S/C13H24N2O3/c1-5-12(3,6-2)14-11(18)15-13(4,10(16)17)9-7-8-9/h9H,5-8H2,1-4H3,(H,16,17)(H2,14,15,18). The third kappa shape index (κ3) is 3.15. The Morgan fingerprint density at radius 1 is 1.17 bits per heavy atom. The second-order valence-corrected chi connectivity index (χ2v) is 5.63. The van der Waals surface area contributed by atoms with E-state index >= 15 is 0 Å². The first-order valence-electron chi connectivity index (χ1n) is 6.61. The molecule has 1 rings (SSSR count). The maximum Gasteiger partial charge on any atom is 0.329 e. The Kier molecular flexibility index (Phi) is 4.24. The van der Waals surface area contributed by atoms with Crippen molar-refractivity contribution in [2.75, 3.05) is 0 Å². The maximum atomic E-state index is 11.9. The Labute approximate surface area is 108 Å². The Hall–Kier alpha value is -1.26. The van der Waals surface area contributed by atoms with Crippen LogP contribution in [0, 0.1) is 5.92 Å². The van der Waals surface area contributed by atoms with Gasteiger partial charge in [0.2, 0.25) is 0 Å². The first kappa shape index (κ1) is 14.8. The number of nitrogens with one attached hydrogen (secondary N) is 2. The summed E-state index contributed by atoms with van der Waals surface area (Å²) in [7, 11) is 0. The summed E-state index contributed by atoms with van der Waals surface area (Å²) in [6.07, 6.45) is 3.35. The molecule has 5 nitrogen and oxygen atoms in total. The van der Waals surface area contributed by atoms with E-state index in [4.69, 9.17) is 0 Å². The van der Waals surface area contributed by atoms with Crippen molar-refractivity contribution in [2.45, 2.75) is 64.5 Å². The smallest absolute Gasteiger partial charge is 0.329 e. The summed E-state index contributed by atoms with van der Waals surface area (Å²) >= 11 is 0. The summed E-state index contributed by atoms with van der Waals surface area (Å²) in [4.78, 5) is 23.2. The highest BCUT2D eigenvalue weighted by Gasteiger charge is 2.48. The molecule has 1 unspecified atom stereocenters. The van der Waals surface area contributed by atoms with Crippen molar-refractivity contribution in [2.24, 2.45) is 5.92 Å². The zero-order valence-electron chi connectivity index (χ0n) is 11.7. The molecule has 0 spiro atoms. The van der Waals surface area contributed by atoms with Gasteiger partial charge < -0.3 is 15.7 Å². The summed E-state index contributed by atoms with van der Waals surface area (Å²) in [5.41, 5.74) is -1.43. The van der Waals surface area contributed by atoms with Gasteiger partial charge in [-0.25, -0.2) is 9.59 Å². The van der Waals surface area contributed by atoms with Gasteiger partial charge in [0.15, 0.2) is 0 Å². The minimum absolute atomic E-state index is 0.0512. The van der Waals surface area contributed by atoms with Crippen LogP contribution in [0.2, 0.25) is 0 Å². The lowest BCUT2D eigenvalue weighted by molar-refractivity contribution is -0.144. The van der Waals surface area contributed by atoms with Gasteiger partial charge in [0.1, 0.15) is 5.54 Å². The molecule has 0 aliphatic heterocycles. The number of hydrogen-bond acceptors (Lipinski definition) is 2. The molecule has 1 fully saturated rings. The number of amides is 2. The average Bonchev–Trinajstić information content (AvgIpc) is 3.12. The van der Waals surface area contributed by atoms with E-state index in [2.05, 4.69) is 10.6 Å². The van der Waals surface area contributed by atoms with Gasteiger partial charge in [-0.15, -0.1) is 0 Å². The van der Waals surface area contributed by atoms with Crippen molar-refractivity contribution < 1.29 is 14.7 Å². The third-order valence-corrected chi connectivity index (χ3v) is 4.19. The fourth-order valence-corrected chi connectivity index (χ4v) is 1.96. The first-order chi connectivity index (χ1) is 8.27. The van der Waals surface area contributed by atoms with Gasteiger partial charge in [-0.1, -0.05) is 13.8 Å². The molecule has 1 atom stereocenters. The molecule has 5 heteroatoms. The van der Waals surface area contributed by atoms with Crippen molar-refractivity contribution in [3.8, 4) is 0 Å². The van der Waals surface area contributed by atoms with Gasteiger partial charge >= 0.3 is 12.0 Å². The lowest BCUT2D eigenvalue weighted by Gasteiger charge is -2.32. The molecule has 1 aliphatic carbocycles. The van der Waals surface area contributed by atoms with E-state index in [-0.39, 0.29) is 11.5 Å². The number of rotatable bonds is 6. The van der Waals surface area contributed by atoms with Crippen LogP contribution in [-0.2, 0) is 4.79 Å². The van der Waals surface area contributed by atoms with Crippen LogP contribution in [0.4, 0.5) is 4.79 Å². The molecule has 104 valence electrons. The van der Waals surface area contributed by atoms with Crippen molar-refractivity contribution in [1.82, 2.24) is 10.6 Å². The summed E-state index contributed by atoms with van der Waals surface area (Å²) in [6.45, 7) is 7.55. The van der Waals surface area contributed by atoms with Crippen LogP contribution in [0.15, 0.2) is 0 Å². The Bertz CT molecular complexity index is 335. The minimum Gasteiger partial charge on any atom is -0.480 e. The average molecular weight is 256 g/mol. The summed E-state index contributed by atoms with van der Waals surface area (Å²) in [5, 5.41) is 14.8. The van der Waals surface area contributed by atoms with Crippen molar-refractivity contribution >= 4 is 12.0 Å². The summed E-state index contributed by atoms with van der Waals surface area (Å²) in [6, 6.07) is -0.391. The van der Waals surface area contributed by atoms with Crippen LogP contribution < -0.4 is 10.6 Å². The highest BCUT2D eigenvalue weighted by molar-refractivity contribution is 5.86. The van der Waals surface area contributed by atoms with Crippen LogP contribution in [-0.4, -0.2) is 28.2 Å². The van der Waals surface area contributed by atoms with Crippen LogP contribution in [0.3, 0.4) is 0 Å². The fraction of sp³-hybridized carbons (Fsp3) is 0.846. The lowest BCUT2D eigenvalue weighted by atomic mass is 9.94. The number of carboxylic acid groups (broad SMARTS) is 1. The molecule has 0 bridgehead atoms. The van der Waals surface area contributed by atoms with E-state index in [0.29, 0.717) is 0 Å². The molecule has 0 aromatic carbocycles. The first-order valence-corrected chi connectivity index (χ1v) is 6.61. The van der Waals surface area contributed by atoms with E-state index in [1.54, 1.807) is 6.92 Å².